The van der Waals surface area contributed by atoms with Gasteiger partial charge in [-0.05, 0) is 43.7 Å². The largest absolute Gasteiger partial charge is 0.494 e. The van der Waals surface area contributed by atoms with Crippen molar-refractivity contribution in [3.63, 3.8) is 0 Å². The van der Waals surface area contributed by atoms with Crippen LogP contribution in [0.4, 0.5) is 0 Å². The molecule has 5 rings (SSSR count). The molecule has 2 aliphatic heterocycles. The zero-order valence-electron chi connectivity index (χ0n) is 22.6. The molecule has 1 aromatic heterocycles. The molecule has 2 aromatic carbocycles. The highest BCUT2D eigenvalue weighted by Crippen LogP contribution is 2.36. The van der Waals surface area contributed by atoms with E-state index >= 15 is 0 Å². The fourth-order valence-electron chi connectivity index (χ4n) is 4.97. The van der Waals surface area contributed by atoms with Crippen molar-refractivity contribution in [2.45, 2.75) is 20.5 Å². The monoisotopic (exact) mass is 533 g/mol. The van der Waals surface area contributed by atoms with Crippen LogP contribution in [0.15, 0.2) is 54.6 Å². The first kappa shape index (κ1) is 26.8. The summed E-state index contributed by atoms with van der Waals surface area (Å²) in [5.74, 6) is 0.781. The molecule has 0 atom stereocenters. The molecule has 9 nitrogen and oxygen atoms in total. The number of nitrogens with zero attached hydrogens (tertiary/aromatic N) is 3. The van der Waals surface area contributed by atoms with Crippen molar-refractivity contribution in [2.75, 3.05) is 59.2 Å². The van der Waals surface area contributed by atoms with Gasteiger partial charge < -0.3 is 28.7 Å². The quantitative estimate of drug-likeness (QED) is 0.439. The van der Waals surface area contributed by atoms with E-state index in [9.17, 15) is 9.59 Å². The normalized spacial score (nSPS) is 15.7. The first-order valence-corrected chi connectivity index (χ1v) is 13.5. The van der Waals surface area contributed by atoms with Crippen LogP contribution < -0.4 is 9.47 Å². The van der Waals surface area contributed by atoms with E-state index in [0.29, 0.717) is 93.4 Å². The Balaban J connectivity index is 1.66. The Morgan fingerprint density at radius 2 is 1.33 bits per heavy atom. The minimum atomic E-state index is -0.195. The van der Waals surface area contributed by atoms with Gasteiger partial charge >= 0.3 is 0 Å². The van der Waals surface area contributed by atoms with Crippen LogP contribution in [0.5, 0.6) is 11.5 Å². The van der Waals surface area contributed by atoms with Gasteiger partial charge in [0.15, 0.2) is 11.4 Å². The first-order chi connectivity index (χ1) is 19.1. The van der Waals surface area contributed by atoms with E-state index in [4.69, 9.17) is 18.9 Å². The highest BCUT2D eigenvalue weighted by Gasteiger charge is 2.35. The summed E-state index contributed by atoms with van der Waals surface area (Å²) in [4.78, 5) is 31.8. The van der Waals surface area contributed by atoms with E-state index in [1.807, 2.05) is 68.4 Å². The molecular weight excluding hydrogens is 498 g/mol. The molecule has 3 heterocycles. The molecule has 206 valence electrons. The van der Waals surface area contributed by atoms with Crippen LogP contribution in [0.2, 0.25) is 0 Å². The van der Waals surface area contributed by atoms with Crippen LogP contribution >= 0.6 is 0 Å². The Labute approximate surface area is 228 Å². The Kier molecular flexibility index (Phi) is 8.48. The molecule has 2 amide bonds. The third-order valence-corrected chi connectivity index (χ3v) is 6.99. The van der Waals surface area contributed by atoms with E-state index in [1.165, 1.54) is 0 Å². The lowest BCUT2D eigenvalue weighted by atomic mass is 10.2. The third kappa shape index (κ3) is 5.79. The van der Waals surface area contributed by atoms with Crippen LogP contribution in [0.1, 0.15) is 39.0 Å². The SMILES string of the molecule is CCOc1ccc(-n2c(C(=O)N3CCOCC3)c(C)c(OCc3ccccc3)c2C(=O)N2CCOCC2)cc1. The summed E-state index contributed by atoms with van der Waals surface area (Å²) in [6.45, 7) is 8.39. The number of morpholine rings is 2. The number of carbonyl (C=O) groups excluding carboxylic acids is 2. The molecule has 2 aliphatic rings. The summed E-state index contributed by atoms with van der Waals surface area (Å²) in [5, 5.41) is 0. The van der Waals surface area contributed by atoms with Gasteiger partial charge in [-0.1, -0.05) is 30.3 Å². The van der Waals surface area contributed by atoms with Gasteiger partial charge in [0.25, 0.3) is 11.8 Å². The number of amides is 2. The molecule has 2 fully saturated rings. The molecule has 0 saturated carbocycles. The van der Waals surface area contributed by atoms with Crippen molar-refractivity contribution in [1.82, 2.24) is 14.4 Å². The molecule has 39 heavy (non-hydrogen) atoms. The molecule has 3 aromatic rings. The van der Waals surface area contributed by atoms with Crippen LogP contribution in [-0.2, 0) is 16.1 Å². The Morgan fingerprint density at radius 3 is 1.90 bits per heavy atom. The summed E-state index contributed by atoms with van der Waals surface area (Å²) in [6, 6.07) is 17.2. The van der Waals surface area contributed by atoms with Crippen LogP contribution in [0.3, 0.4) is 0 Å². The van der Waals surface area contributed by atoms with E-state index in [2.05, 4.69) is 0 Å². The number of hydrogen-bond acceptors (Lipinski definition) is 6. The smallest absolute Gasteiger partial charge is 0.274 e. The van der Waals surface area contributed by atoms with E-state index in [1.54, 1.807) is 14.4 Å². The summed E-state index contributed by atoms with van der Waals surface area (Å²) >= 11 is 0. The Hall–Kier alpha value is -3.82. The van der Waals surface area contributed by atoms with Crippen molar-refractivity contribution in [2.24, 2.45) is 0 Å². The van der Waals surface area contributed by atoms with Crippen LogP contribution in [0, 0.1) is 6.92 Å². The Morgan fingerprint density at radius 1 is 0.769 bits per heavy atom. The van der Waals surface area contributed by atoms with E-state index < -0.39 is 0 Å². The highest BCUT2D eigenvalue weighted by molar-refractivity contribution is 6.03. The summed E-state index contributed by atoms with van der Waals surface area (Å²) < 4.78 is 24.8. The van der Waals surface area contributed by atoms with Crippen LogP contribution in [0.25, 0.3) is 5.69 Å². The number of ether oxygens (including phenoxy) is 4. The fourth-order valence-corrected chi connectivity index (χ4v) is 4.97. The third-order valence-electron chi connectivity index (χ3n) is 6.99. The van der Waals surface area contributed by atoms with Crippen molar-refractivity contribution >= 4 is 11.8 Å². The molecule has 0 aliphatic carbocycles. The predicted molar refractivity (Wildman–Crippen MR) is 146 cm³/mol. The van der Waals surface area contributed by atoms with Crippen LogP contribution in [-0.4, -0.2) is 85.4 Å². The zero-order valence-corrected chi connectivity index (χ0v) is 22.6. The zero-order chi connectivity index (χ0) is 27.2. The average molecular weight is 534 g/mol. The molecule has 0 unspecified atom stereocenters. The van der Waals surface area contributed by atoms with Gasteiger partial charge in [0.1, 0.15) is 18.1 Å². The summed E-state index contributed by atoms with van der Waals surface area (Å²) in [6.07, 6.45) is 0. The van der Waals surface area contributed by atoms with Gasteiger partial charge in [0.2, 0.25) is 0 Å². The number of benzene rings is 2. The topological polar surface area (TPSA) is 82.5 Å². The maximum absolute atomic E-state index is 14.2. The fraction of sp³-hybridized carbons (Fsp3) is 0.400. The maximum atomic E-state index is 14.2. The summed E-state index contributed by atoms with van der Waals surface area (Å²) in [7, 11) is 0. The van der Waals surface area contributed by atoms with Gasteiger partial charge in [0.05, 0.1) is 33.0 Å². The van der Waals surface area contributed by atoms with Gasteiger partial charge in [0, 0.05) is 37.4 Å². The van der Waals surface area contributed by atoms with Crippen molar-refractivity contribution in [3.05, 3.63) is 77.1 Å². The number of rotatable bonds is 8. The maximum Gasteiger partial charge on any atom is 0.274 e. The number of carbonyl (C=O) groups is 2. The van der Waals surface area contributed by atoms with Crippen molar-refractivity contribution in [3.8, 4) is 17.2 Å². The molecule has 0 radical (unpaired) electrons. The average Bonchev–Trinajstić information content (AvgIpc) is 3.28. The second-order valence-electron chi connectivity index (χ2n) is 9.50. The first-order valence-electron chi connectivity index (χ1n) is 13.5. The minimum Gasteiger partial charge on any atom is -0.494 e. The summed E-state index contributed by atoms with van der Waals surface area (Å²) in [5.41, 5.74) is 3.04. The Bertz CT molecular complexity index is 1280. The molecule has 0 N–H and O–H groups in total. The lowest BCUT2D eigenvalue weighted by Gasteiger charge is -2.29. The lowest BCUT2D eigenvalue weighted by molar-refractivity contribution is 0.0288. The predicted octanol–water partition coefficient (Wildman–Crippen LogP) is 3.71. The van der Waals surface area contributed by atoms with Gasteiger partial charge in [-0.25, -0.2) is 0 Å². The van der Waals surface area contributed by atoms with Crippen molar-refractivity contribution in [1.29, 1.82) is 0 Å². The highest BCUT2D eigenvalue weighted by atomic mass is 16.5. The lowest BCUT2D eigenvalue weighted by Crippen LogP contribution is -2.43. The van der Waals surface area contributed by atoms with Gasteiger partial charge in [-0.3, -0.25) is 14.2 Å². The van der Waals surface area contributed by atoms with Gasteiger partial charge in [-0.2, -0.15) is 0 Å². The molecular formula is C30H35N3O6. The molecule has 2 saturated heterocycles. The minimum absolute atomic E-state index is 0.157. The number of hydrogen-bond donors (Lipinski definition) is 0. The molecule has 9 heteroatoms. The molecule has 0 spiro atoms. The van der Waals surface area contributed by atoms with Gasteiger partial charge in [-0.15, -0.1) is 0 Å². The second-order valence-corrected chi connectivity index (χ2v) is 9.50. The standard InChI is InChI=1S/C30H35N3O6/c1-3-38-25-11-9-24(10-12-25)33-26(29(34)31-13-17-36-18-14-31)22(2)28(39-21-23-7-5-4-6-8-23)27(33)30(35)32-15-19-37-20-16-32/h4-12H,3,13-21H2,1-2H3. The van der Waals surface area contributed by atoms with E-state index in [0.717, 1.165) is 5.56 Å². The number of aromatic nitrogens is 1. The molecule has 0 bridgehead atoms. The second kappa shape index (κ2) is 12.4. The van der Waals surface area contributed by atoms with E-state index in [-0.39, 0.29) is 18.4 Å². The van der Waals surface area contributed by atoms with Crippen molar-refractivity contribution < 1.29 is 28.5 Å².